The van der Waals surface area contributed by atoms with Gasteiger partial charge in [-0.1, -0.05) is 28.1 Å². The summed E-state index contributed by atoms with van der Waals surface area (Å²) in [5, 5.41) is 22.5. The van der Waals surface area contributed by atoms with Crippen molar-refractivity contribution in [2.75, 3.05) is 6.61 Å². The van der Waals surface area contributed by atoms with Gasteiger partial charge in [0.25, 0.3) is 0 Å². The van der Waals surface area contributed by atoms with Crippen molar-refractivity contribution in [2.24, 2.45) is 0 Å². The normalized spacial score (nSPS) is 11.0. The van der Waals surface area contributed by atoms with Gasteiger partial charge in [0.05, 0.1) is 25.3 Å². The molecule has 0 aliphatic carbocycles. The van der Waals surface area contributed by atoms with E-state index in [2.05, 4.69) is 21.0 Å². The molecule has 0 saturated heterocycles. The molecule has 0 saturated carbocycles. The minimum Gasteiger partial charge on any atom is -0.481 e. The van der Waals surface area contributed by atoms with E-state index < -0.39 is 11.9 Å². The average Bonchev–Trinajstić information content (AvgIpc) is 3.01. The number of rotatable bonds is 7. The predicted octanol–water partition coefficient (Wildman–Crippen LogP) is 3.26. The molecule has 0 unspecified atom stereocenters. The lowest BCUT2D eigenvalue weighted by Gasteiger charge is -2.01. The smallest absolute Gasteiger partial charge is 0.348 e. The number of nitrogens with zero attached hydrogens (tertiary/aromatic N) is 3. The van der Waals surface area contributed by atoms with Crippen molar-refractivity contribution in [1.82, 2.24) is 9.78 Å². The van der Waals surface area contributed by atoms with Gasteiger partial charge in [0.2, 0.25) is 0 Å². The Balaban J connectivity index is 2.47. The summed E-state index contributed by atoms with van der Waals surface area (Å²) in [4.78, 5) is 22.7. The molecule has 0 spiro atoms. The van der Waals surface area contributed by atoms with Gasteiger partial charge >= 0.3 is 11.9 Å². The van der Waals surface area contributed by atoms with Crippen LogP contribution in [0.2, 0.25) is 0 Å². The number of aryl methyl sites for hydroxylation is 1. The molecule has 0 atom stereocenters. The van der Waals surface area contributed by atoms with Crippen LogP contribution in [0, 0.1) is 11.3 Å². The third-order valence-electron chi connectivity index (χ3n) is 3.38. The van der Waals surface area contributed by atoms with Crippen molar-refractivity contribution >= 4 is 33.9 Å². The zero-order valence-electron chi connectivity index (χ0n) is 14.0. The number of esters is 1. The summed E-state index contributed by atoms with van der Waals surface area (Å²) in [5.74, 6) is -1.65. The number of nitriles is 1. The SMILES string of the molecule is CCOC(=O)/C(C#N)=C\c1cn(CCC(=O)O)nc1-c1ccc(Br)cc1. The van der Waals surface area contributed by atoms with Gasteiger partial charge in [0.15, 0.2) is 0 Å². The van der Waals surface area contributed by atoms with Crippen LogP contribution in [0.1, 0.15) is 18.9 Å². The van der Waals surface area contributed by atoms with Gasteiger partial charge in [-0.05, 0) is 25.1 Å². The van der Waals surface area contributed by atoms with Crippen LogP contribution in [-0.4, -0.2) is 33.4 Å². The number of carboxylic acids is 1. The zero-order valence-corrected chi connectivity index (χ0v) is 15.6. The second-order valence-electron chi connectivity index (χ2n) is 5.24. The fraction of sp³-hybridized carbons (Fsp3) is 0.222. The first kappa shape index (κ1) is 19.4. The van der Waals surface area contributed by atoms with Crippen LogP contribution >= 0.6 is 15.9 Å². The molecule has 2 rings (SSSR count). The Morgan fingerprint density at radius 2 is 2.08 bits per heavy atom. The molecular formula is C18H16BrN3O4. The summed E-state index contributed by atoms with van der Waals surface area (Å²) in [6.07, 6.45) is 2.92. The number of aromatic nitrogens is 2. The molecule has 8 heteroatoms. The monoisotopic (exact) mass is 417 g/mol. The first-order chi connectivity index (χ1) is 12.4. The second kappa shape index (κ2) is 8.97. The third kappa shape index (κ3) is 5.04. The van der Waals surface area contributed by atoms with Crippen molar-refractivity contribution < 1.29 is 19.4 Å². The minimum atomic E-state index is -0.938. The number of carboxylic acid groups (broad SMARTS) is 1. The number of ether oxygens (including phenoxy) is 1. The summed E-state index contributed by atoms with van der Waals surface area (Å²) in [6.45, 7) is 1.99. The molecule has 7 nitrogen and oxygen atoms in total. The fourth-order valence-corrected chi connectivity index (χ4v) is 2.46. The maximum absolute atomic E-state index is 11.9. The Labute approximate surface area is 158 Å². The van der Waals surface area contributed by atoms with E-state index in [0.717, 1.165) is 10.0 Å². The van der Waals surface area contributed by atoms with Crippen LogP contribution in [0.25, 0.3) is 17.3 Å². The topological polar surface area (TPSA) is 105 Å². The van der Waals surface area contributed by atoms with E-state index in [9.17, 15) is 14.9 Å². The maximum Gasteiger partial charge on any atom is 0.348 e. The summed E-state index contributed by atoms with van der Waals surface area (Å²) >= 11 is 3.36. The largest absolute Gasteiger partial charge is 0.481 e. The van der Waals surface area contributed by atoms with Gasteiger partial charge in [-0.2, -0.15) is 10.4 Å². The summed E-state index contributed by atoms with van der Waals surface area (Å²) in [6, 6.07) is 9.19. The molecule has 0 aliphatic heterocycles. The molecule has 0 amide bonds. The zero-order chi connectivity index (χ0) is 19.1. The second-order valence-corrected chi connectivity index (χ2v) is 6.15. The molecular weight excluding hydrogens is 402 g/mol. The Bertz CT molecular complexity index is 879. The first-order valence-electron chi connectivity index (χ1n) is 7.78. The van der Waals surface area contributed by atoms with Crippen molar-refractivity contribution in [3.63, 3.8) is 0 Å². The highest BCUT2D eigenvalue weighted by Gasteiger charge is 2.15. The van der Waals surface area contributed by atoms with Gasteiger partial charge in [0, 0.05) is 21.8 Å². The number of halogens is 1. The fourth-order valence-electron chi connectivity index (χ4n) is 2.20. The number of benzene rings is 1. The quantitative estimate of drug-likeness (QED) is 0.421. The minimum absolute atomic E-state index is 0.0897. The standard InChI is InChI=1S/C18H16BrN3O4/c1-2-26-18(25)13(10-20)9-14-11-22(8-7-16(23)24)21-17(14)12-3-5-15(19)6-4-12/h3-6,9,11H,2,7-8H2,1H3,(H,23,24)/b13-9-. The Morgan fingerprint density at radius 1 is 1.38 bits per heavy atom. The molecule has 26 heavy (non-hydrogen) atoms. The van der Waals surface area contributed by atoms with Crippen LogP contribution in [0.4, 0.5) is 0 Å². The van der Waals surface area contributed by atoms with Crippen molar-refractivity contribution in [2.45, 2.75) is 19.9 Å². The van der Waals surface area contributed by atoms with Gasteiger partial charge in [-0.3, -0.25) is 9.48 Å². The van der Waals surface area contributed by atoms with Gasteiger partial charge in [0.1, 0.15) is 11.6 Å². The van der Waals surface area contributed by atoms with Crippen LogP contribution < -0.4 is 0 Å². The van der Waals surface area contributed by atoms with Crippen LogP contribution in [0.15, 0.2) is 40.5 Å². The van der Waals surface area contributed by atoms with E-state index in [1.165, 1.54) is 10.8 Å². The number of aliphatic carboxylic acids is 1. The number of carbonyl (C=O) groups excluding carboxylic acids is 1. The molecule has 1 N–H and O–H groups in total. The van der Waals surface area contributed by atoms with Crippen LogP contribution in [0.3, 0.4) is 0 Å². The van der Waals surface area contributed by atoms with Gasteiger partial charge in [-0.15, -0.1) is 0 Å². The molecule has 0 aliphatic rings. The molecule has 0 bridgehead atoms. The molecule has 0 radical (unpaired) electrons. The highest BCUT2D eigenvalue weighted by atomic mass is 79.9. The Morgan fingerprint density at radius 3 is 2.65 bits per heavy atom. The average molecular weight is 418 g/mol. The Kier molecular flexibility index (Phi) is 6.69. The van der Waals surface area contributed by atoms with Crippen molar-refractivity contribution in [3.05, 3.63) is 46.1 Å². The molecule has 0 fully saturated rings. The molecule has 1 aromatic heterocycles. The van der Waals surface area contributed by atoms with Crippen molar-refractivity contribution in [3.8, 4) is 17.3 Å². The number of carbonyl (C=O) groups is 2. The highest BCUT2D eigenvalue weighted by Crippen LogP contribution is 2.26. The van der Waals surface area contributed by atoms with Crippen LogP contribution in [0.5, 0.6) is 0 Å². The van der Waals surface area contributed by atoms with E-state index in [1.807, 2.05) is 30.3 Å². The van der Waals surface area contributed by atoms with E-state index in [-0.39, 0.29) is 25.1 Å². The van der Waals surface area contributed by atoms with E-state index >= 15 is 0 Å². The summed E-state index contributed by atoms with van der Waals surface area (Å²) < 4.78 is 7.25. The Hall–Kier alpha value is -2.92. The van der Waals surface area contributed by atoms with E-state index in [0.29, 0.717) is 11.3 Å². The number of hydrogen-bond acceptors (Lipinski definition) is 5. The summed E-state index contributed by atoms with van der Waals surface area (Å²) in [5.41, 5.74) is 1.69. The van der Waals surface area contributed by atoms with Gasteiger partial charge in [-0.25, -0.2) is 4.79 Å². The van der Waals surface area contributed by atoms with E-state index in [1.54, 1.807) is 13.1 Å². The molecule has 134 valence electrons. The predicted molar refractivity (Wildman–Crippen MR) is 97.8 cm³/mol. The van der Waals surface area contributed by atoms with E-state index in [4.69, 9.17) is 9.84 Å². The summed E-state index contributed by atoms with van der Waals surface area (Å²) in [7, 11) is 0. The first-order valence-corrected chi connectivity index (χ1v) is 8.58. The number of hydrogen-bond donors (Lipinski definition) is 1. The lowest BCUT2D eigenvalue weighted by molar-refractivity contribution is -0.138. The lowest BCUT2D eigenvalue weighted by Crippen LogP contribution is -2.06. The van der Waals surface area contributed by atoms with Gasteiger partial charge < -0.3 is 9.84 Å². The maximum atomic E-state index is 11.9. The molecule has 1 heterocycles. The highest BCUT2D eigenvalue weighted by molar-refractivity contribution is 9.10. The lowest BCUT2D eigenvalue weighted by atomic mass is 10.1. The molecule has 1 aromatic carbocycles. The third-order valence-corrected chi connectivity index (χ3v) is 3.91. The van der Waals surface area contributed by atoms with Crippen molar-refractivity contribution in [1.29, 1.82) is 5.26 Å². The molecule has 2 aromatic rings. The van der Waals surface area contributed by atoms with Crippen LogP contribution in [-0.2, 0) is 20.9 Å².